The average molecular weight is 192 g/mol. The molecule has 1 atom stereocenters. The minimum absolute atomic E-state index is 0.259. The second-order valence-corrected chi connectivity index (χ2v) is 3.78. The first-order chi connectivity index (χ1) is 5.44. The van der Waals surface area contributed by atoms with Crippen molar-refractivity contribution in [3.8, 4) is 0 Å². The number of carbonyl (C=O) groups is 1. The molecule has 0 spiro atoms. The van der Waals surface area contributed by atoms with Crippen LogP contribution in [0.25, 0.3) is 0 Å². The lowest BCUT2D eigenvalue weighted by molar-refractivity contribution is 0.0427. The van der Waals surface area contributed by atoms with Crippen molar-refractivity contribution in [1.82, 2.24) is 0 Å². The smallest absolute Gasteiger partial charge is 0.437 e. The van der Waals surface area contributed by atoms with E-state index in [4.69, 9.17) is 10.5 Å². The van der Waals surface area contributed by atoms with Crippen LogP contribution in [0.5, 0.6) is 0 Å². The van der Waals surface area contributed by atoms with E-state index in [9.17, 15) is 9.00 Å². The maximum Gasteiger partial charge on any atom is 0.466 e. The summed E-state index contributed by atoms with van der Waals surface area (Å²) in [5.41, 5.74) is 4.07. The summed E-state index contributed by atoms with van der Waals surface area (Å²) >= 11 is 0.436. The van der Waals surface area contributed by atoms with E-state index in [-0.39, 0.29) is 5.25 Å². The molecule has 0 aliphatic rings. The van der Waals surface area contributed by atoms with Crippen LogP contribution in [0.1, 0.15) is 27.2 Å². The van der Waals surface area contributed by atoms with Crippen LogP contribution in [0.4, 0.5) is 4.79 Å². The molecule has 0 saturated heterocycles. The normalized spacial score (nSPS) is 13.6. The minimum Gasteiger partial charge on any atom is -0.437 e. The highest BCUT2D eigenvalue weighted by Gasteiger charge is 2.41. The fourth-order valence-corrected chi connectivity index (χ4v) is 1.42. The van der Waals surface area contributed by atoms with E-state index in [1.54, 1.807) is 13.8 Å². The van der Waals surface area contributed by atoms with Gasteiger partial charge in [-0.1, -0.05) is 6.92 Å². The van der Waals surface area contributed by atoms with Crippen LogP contribution in [0, 0.1) is 0 Å². The van der Waals surface area contributed by atoms with Gasteiger partial charge in [-0.25, -0.2) is 4.79 Å². The molecular weight excluding hydrogens is 178 g/mol. The number of ether oxygens (including phenoxy) is 1. The highest BCUT2D eigenvalue weighted by atomic mass is 32.1. The molecule has 0 aromatic carbocycles. The van der Waals surface area contributed by atoms with Crippen molar-refractivity contribution >= 4 is 17.8 Å². The van der Waals surface area contributed by atoms with Crippen molar-refractivity contribution in [2.75, 3.05) is 0 Å². The molecule has 0 aromatic rings. The van der Waals surface area contributed by atoms with Gasteiger partial charge in [0.05, 0.1) is 0 Å². The Kier molecular flexibility index (Phi) is 4.09. The minimum atomic E-state index is -0.840. The first-order valence-electron chi connectivity index (χ1n) is 3.71. The maximum absolute atomic E-state index is 10.6. The lowest BCUT2D eigenvalue weighted by Gasteiger charge is -2.21. The Morgan fingerprint density at radius 2 is 2.17 bits per heavy atom. The summed E-state index contributed by atoms with van der Waals surface area (Å²) in [6.07, 6.45) is -0.193. The average Bonchev–Trinajstić information content (AvgIpc) is 1.85. The molecule has 2 N–H and O–H groups in total. The van der Waals surface area contributed by atoms with E-state index in [1.165, 1.54) is 0 Å². The SMILES string of the molecule is CCC([S+]=O)C(C)(C)OC(N)=O. The Balaban J connectivity index is 4.34. The van der Waals surface area contributed by atoms with Gasteiger partial charge in [0.1, 0.15) is 0 Å². The molecule has 0 saturated carbocycles. The fraction of sp³-hybridized carbons (Fsp3) is 0.857. The summed E-state index contributed by atoms with van der Waals surface area (Å²) in [7, 11) is 0. The quantitative estimate of drug-likeness (QED) is 0.677. The van der Waals surface area contributed by atoms with Gasteiger partial charge in [0.2, 0.25) is 0 Å². The highest BCUT2D eigenvalue weighted by molar-refractivity contribution is 7.66. The largest absolute Gasteiger partial charge is 0.466 e. The molecular formula is C7H14NO3S+. The number of nitrogens with two attached hydrogens (primary N) is 1. The third-order valence-corrected chi connectivity index (χ3v) is 2.76. The Hall–Kier alpha value is -0.710. The van der Waals surface area contributed by atoms with Gasteiger partial charge in [0.15, 0.2) is 5.60 Å². The van der Waals surface area contributed by atoms with Gasteiger partial charge >= 0.3 is 17.8 Å². The summed E-state index contributed by atoms with van der Waals surface area (Å²) in [4.78, 5) is 10.4. The van der Waals surface area contributed by atoms with Gasteiger partial charge in [0, 0.05) is 10.6 Å². The standard InChI is InChI=1S/C7H13NO3S/c1-4-5(12-10)7(2,3)11-6(8)9/h5H,4H2,1-3H3,(H-,8,9)/p+1. The van der Waals surface area contributed by atoms with Gasteiger partial charge in [0.25, 0.3) is 5.25 Å². The van der Waals surface area contributed by atoms with Gasteiger partial charge in [-0.05, 0) is 13.8 Å². The maximum atomic E-state index is 10.6. The van der Waals surface area contributed by atoms with Crippen LogP contribution in [0.2, 0.25) is 0 Å². The second kappa shape index (κ2) is 4.35. The molecule has 0 rings (SSSR count). The monoisotopic (exact) mass is 192 g/mol. The van der Waals surface area contributed by atoms with E-state index >= 15 is 0 Å². The van der Waals surface area contributed by atoms with Crippen molar-refractivity contribution in [2.45, 2.75) is 38.0 Å². The fourth-order valence-electron chi connectivity index (χ4n) is 1.00. The van der Waals surface area contributed by atoms with Crippen LogP contribution in [-0.4, -0.2) is 16.9 Å². The van der Waals surface area contributed by atoms with Crippen LogP contribution < -0.4 is 5.73 Å². The van der Waals surface area contributed by atoms with Gasteiger partial charge < -0.3 is 10.5 Å². The zero-order chi connectivity index (χ0) is 9.78. The number of hydrogen-bond donors (Lipinski definition) is 1. The zero-order valence-electron chi connectivity index (χ0n) is 7.49. The molecule has 1 amide bonds. The molecule has 0 heterocycles. The Labute approximate surface area is 76.0 Å². The van der Waals surface area contributed by atoms with Gasteiger partial charge in [-0.3, -0.25) is 0 Å². The van der Waals surface area contributed by atoms with E-state index in [0.717, 1.165) is 0 Å². The van der Waals surface area contributed by atoms with Crippen LogP contribution in [-0.2, 0) is 20.6 Å². The van der Waals surface area contributed by atoms with Crippen molar-refractivity contribution < 1.29 is 13.7 Å². The van der Waals surface area contributed by atoms with Crippen LogP contribution >= 0.6 is 0 Å². The Morgan fingerprint density at radius 3 is 2.42 bits per heavy atom. The molecule has 0 bridgehead atoms. The predicted molar refractivity (Wildman–Crippen MR) is 46.9 cm³/mol. The molecule has 12 heavy (non-hydrogen) atoms. The predicted octanol–water partition coefficient (Wildman–Crippen LogP) is 1.07. The van der Waals surface area contributed by atoms with E-state index in [0.29, 0.717) is 18.1 Å². The van der Waals surface area contributed by atoms with E-state index < -0.39 is 11.7 Å². The van der Waals surface area contributed by atoms with Crippen LogP contribution in [0.15, 0.2) is 0 Å². The number of primary amides is 1. The molecule has 4 nitrogen and oxygen atoms in total. The van der Waals surface area contributed by atoms with Crippen molar-refractivity contribution in [1.29, 1.82) is 0 Å². The molecule has 5 heteroatoms. The lowest BCUT2D eigenvalue weighted by Crippen LogP contribution is -2.41. The van der Waals surface area contributed by atoms with Crippen LogP contribution in [0.3, 0.4) is 0 Å². The first kappa shape index (κ1) is 11.3. The van der Waals surface area contributed by atoms with Crippen molar-refractivity contribution in [3.63, 3.8) is 0 Å². The lowest BCUT2D eigenvalue weighted by atomic mass is 10.0. The summed E-state index contributed by atoms with van der Waals surface area (Å²) < 4.78 is 15.4. The zero-order valence-corrected chi connectivity index (χ0v) is 8.31. The summed E-state index contributed by atoms with van der Waals surface area (Å²) in [6.45, 7) is 5.22. The van der Waals surface area contributed by atoms with E-state index in [1.807, 2.05) is 6.92 Å². The Bertz CT molecular complexity index is 181. The van der Waals surface area contributed by atoms with Crippen molar-refractivity contribution in [2.24, 2.45) is 5.73 Å². The van der Waals surface area contributed by atoms with Gasteiger partial charge in [-0.2, -0.15) is 0 Å². The number of carbonyl (C=O) groups excluding carboxylic acids is 1. The molecule has 0 radical (unpaired) electrons. The molecule has 0 aliphatic carbocycles. The number of hydrogen-bond acceptors (Lipinski definition) is 3. The molecule has 0 aliphatic heterocycles. The number of rotatable bonds is 4. The first-order valence-corrected chi connectivity index (χ1v) is 4.51. The van der Waals surface area contributed by atoms with Gasteiger partial charge in [-0.15, -0.1) is 0 Å². The topological polar surface area (TPSA) is 69.4 Å². The van der Waals surface area contributed by atoms with E-state index in [2.05, 4.69) is 0 Å². The summed E-state index contributed by atoms with van der Waals surface area (Å²) in [6, 6.07) is 0. The Morgan fingerprint density at radius 1 is 1.67 bits per heavy atom. The highest BCUT2D eigenvalue weighted by Crippen LogP contribution is 2.18. The summed E-state index contributed by atoms with van der Waals surface area (Å²) in [5, 5.41) is -0.259. The van der Waals surface area contributed by atoms with Crippen molar-refractivity contribution in [3.05, 3.63) is 0 Å². The molecule has 0 aromatic heterocycles. The molecule has 1 unspecified atom stereocenters. The number of amides is 1. The molecule has 70 valence electrons. The molecule has 0 fully saturated rings. The summed E-state index contributed by atoms with van der Waals surface area (Å²) in [5.74, 6) is 0. The third kappa shape index (κ3) is 3.13. The third-order valence-electron chi connectivity index (χ3n) is 1.63. The second-order valence-electron chi connectivity index (χ2n) is 3.02.